The summed E-state index contributed by atoms with van der Waals surface area (Å²) in [5.74, 6) is -0.328. The summed E-state index contributed by atoms with van der Waals surface area (Å²) in [6.45, 7) is 0.438. The first kappa shape index (κ1) is 22.0. The van der Waals surface area contributed by atoms with Gasteiger partial charge >= 0.3 is 12.4 Å². The number of hydrogen-bond acceptors (Lipinski definition) is 3. The number of fused-ring (bicyclic) bond motifs is 1. The fourth-order valence-corrected chi connectivity index (χ4v) is 4.13. The number of urea groups is 1. The van der Waals surface area contributed by atoms with Crippen LogP contribution in [0.5, 0.6) is 5.75 Å². The van der Waals surface area contributed by atoms with Crippen LogP contribution >= 0.6 is 0 Å². The average molecular weight is 446 g/mol. The second kappa shape index (κ2) is 9.50. The average Bonchev–Trinajstić information content (AvgIpc) is 3.05. The Morgan fingerprint density at radius 3 is 2.50 bits per heavy atom. The van der Waals surface area contributed by atoms with Crippen molar-refractivity contribution in [1.82, 2.24) is 14.5 Å². The lowest BCUT2D eigenvalue weighted by Gasteiger charge is -2.31. The van der Waals surface area contributed by atoms with Crippen molar-refractivity contribution in [1.29, 1.82) is 0 Å². The molecule has 1 aliphatic carbocycles. The lowest BCUT2D eigenvalue weighted by molar-refractivity contribution is -0.274. The lowest BCUT2D eigenvalue weighted by atomic mass is 10.1. The van der Waals surface area contributed by atoms with Crippen LogP contribution in [0.2, 0.25) is 0 Å². The van der Waals surface area contributed by atoms with Gasteiger partial charge in [0.05, 0.1) is 5.52 Å². The summed E-state index contributed by atoms with van der Waals surface area (Å²) in [5, 5.41) is 7.04. The van der Waals surface area contributed by atoms with Gasteiger partial charge in [0.25, 0.3) is 0 Å². The number of anilines is 1. The molecule has 0 bridgehead atoms. The Kier molecular flexibility index (Phi) is 6.53. The maximum absolute atomic E-state index is 13.2. The first-order valence-electron chi connectivity index (χ1n) is 10.7. The molecule has 1 saturated carbocycles. The van der Waals surface area contributed by atoms with Gasteiger partial charge in [0.2, 0.25) is 0 Å². The summed E-state index contributed by atoms with van der Waals surface area (Å²) < 4.78 is 42.8. The highest BCUT2D eigenvalue weighted by Gasteiger charge is 2.31. The Hall–Kier alpha value is -3.23. The number of pyridine rings is 1. The molecular formula is C23H25F3N4O2. The highest BCUT2D eigenvalue weighted by molar-refractivity contribution is 5.89. The zero-order valence-corrected chi connectivity index (χ0v) is 17.5. The molecule has 1 fully saturated rings. The van der Waals surface area contributed by atoms with Crippen LogP contribution in [0.15, 0.2) is 54.9 Å². The van der Waals surface area contributed by atoms with Gasteiger partial charge in [-0.3, -0.25) is 0 Å². The third-order valence-electron chi connectivity index (χ3n) is 5.68. The number of rotatable bonds is 5. The number of carbonyl (C=O) groups excluding carboxylic acids is 1. The number of halogens is 3. The Morgan fingerprint density at radius 2 is 1.81 bits per heavy atom. The van der Waals surface area contributed by atoms with E-state index >= 15 is 0 Å². The minimum atomic E-state index is -4.75. The summed E-state index contributed by atoms with van der Waals surface area (Å²) in [4.78, 5) is 15.1. The summed E-state index contributed by atoms with van der Waals surface area (Å²) in [7, 11) is 0. The van der Waals surface area contributed by atoms with Crippen molar-refractivity contribution < 1.29 is 22.7 Å². The maximum atomic E-state index is 13.2. The van der Waals surface area contributed by atoms with Crippen molar-refractivity contribution in [3.8, 4) is 5.75 Å². The Labute approximate surface area is 184 Å². The normalized spacial score (nSPS) is 15.3. The van der Waals surface area contributed by atoms with Crippen LogP contribution in [0, 0.1) is 0 Å². The standard InChI is InChI=1S/C23H25F3N4O2/c24-23(25,26)32-21-9-7-18(8-10-21)28-22(31)29(19-5-3-1-2-4-6-19)16-17-12-14-30-20(15-17)11-13-27-30/h7-15,19H,1-6,16H2,(H,28,31). The second-order valence-electron chi connectivity index (χ2n) is 8.01. The summed E-state index contributed by atoms with van der Waals surface area (Å²) >= 11 is 0. The first-order chi connectivity index (χ1) is 15.4. The molecule has 0 aliphatic heterocycles. The molecule has 0 atom stereocenters. The Morgan fingerprint density at radius 1 is 1.09 bits per heavy atom. The molecule has 3 aromatic rings. The first-order valence-corrected chi connectivity index (χ1v) is 10.7. The van der Waals surface area contributed by atoms with Gasteiger partial charge < -0.3 is 15.0 Å². The Bertz CT molecular complexity index is 1040. The minimum Gasteiger partial charge on any atom is -0.406 e. The highest BCUT2D eigenvalue weighted by atomic mass is 19.4. The molecule has 0 radical (unpaired) electrons. The topological polar surface area (TPSA) is 58.9 Å². The van der Waals surface area contributed by atoms with Gasteiger partial charge in [0.15, 0.2) is 0 Å². The maximum Gasteiger partial charge on any atom is 0.573 e. The summed E-state index contributed by atoms with van der Waals surface area (Å²) in [5.41, 5.74) is 2.35. The molecule has 4 rings (SSSR count). The van der Waals surface area contributed by atoms with E-state index in [0.29, 0.717) is 12.2 Å². The molecule has 9 heteroatoms. The zero-order valence-electron chi connectivity index (χ0n) is 17.5. The molecule has 0 saturated heterocycles. The van der Waals surface area contributed by atoms with Gasteiger partial charge in [-0.25, -0.2) is 9.31 Å². The third-order valence-corrected chi connectivity index (χ3v) is 5.68. The van der Waals surface area contributed by atoms with E-state index in [1.165, 1.54) is 24.3 Å². The predicted molar refractivity (Wildman–Crippen MR) is 114 cm³/mol. The van der Waals surface area contributed by atoms with Crippen molar-refractivity contribution in [2.24, 2.45) is 0 Å². The number of nitrogens with one attached hydrogen (secondary N) is 1. The van der Waals surface area contributed by atoms with Crippen molar-refractivity contribution in [2.45, 2.75) is 57.5 Å². The van der Waals surface area contributed by atoms with Gasteiger partial charge in [-0.1, -0.05) is 25.7 Å². The van der Waals surface area contributed by atoms with Crippen LogP contribution in [0.1, 0.15) is 44.1 Å². The van der Waals surface area contributed by atoms with E-state index in [-0.39, 0.29) is 17.8 Å². The molecular weight excluding hydrogens is 421 g/mol. The second-order valence-corrected chi connectivity index (χ2v) is 8.01. The highest BCUT2D eigenvalue weighted by Crippen LogP contribution is 2.26. The van der Waals surface area contributed by atoms with E-state index in [9.17, 15) is 18.0 Å². The molecule has 6 nitrogen and oxygen atoms in total. The van der Waals surface area contributed by atoms with Crippen LogP contribution in [0.3, 0.4) is 0 Å². The molecule has 2 heterocycles. The van der Waals surface area contributed by atoms with E-state index in [2.05, 4.69) is 15.2 Å². The molecule has 0 spiro atoms. The van der Waals surface area contributed by atoms with Crippen molar-refractivity contribution in [3.63, 3.8) is 0 Å². The van der Waals surface area contributed by atoms with Crippen LogP contribution in [0.25, 0.3) is 5.52 Å². The SMILES string of the molecule is O=C(Nc1ccc(OC(F)(F)F)cc1)N(Cc1ccn2nccc2c1)C1CCCCCC1. The van der Waals surface area contributed by atoms with Gasteiger partial charge in [0.1, 0.15) is 5.75 Å². The van der Waals surface area contributed by atoms with Crippen molar-refractivity contribution in [2.75, 3.05) is 5.32 Å². The predicted octanol–water partition coefficient (Wildman–Crippen LogP) is 5.99. The van der Waals surface area contributed by atoms with Crippen molar-refractivity contribution in [3.05, 3.63) is 60.4 Å². The van der Waals surface area contributed by atoms with Gasteiger partial charge in [-0.05, 0) is 60.9 Å². The number of alkyl halides is 3. The molecule has 2 aromatic heterocycles. The van der Waals surface area contributed by atoms with Crippen LogP contribution in [-0.2, 0) is 6.54 Å². The zero-order chi connectivity index (χ0) is 22.6. The van der Waals surface area contributed by atoms with E-state index in [1.54, 1.807) is 10.7 Å². The molecule has 170 valence electrons. The summed E-state index contributed by atoms with van der Waals surface area (Å²) in [6, 6.07) is 10.9. The number of benzene rings is 1. The van der Waals surface area contributed by atoms with E-state index < -0.39 is 6.36 Å². The number of amides is 2. The molecule has 1 N–H and O–H groups in total. The fraction of sp³-hybridized carbons (Fsp3) is 0.391. The molecule has 2 amide bonds. The largest absolute Gasteiger partial charge is 0.573 e. The smallest absolute Gasteiger partial charge is 0.406 e. The molecule has 1 aliphatic rings. The number of ether oxygens (including phenoxy) is 1. The van der Waals surface area contributed by atoms with Gasteiger partial charge in [-0.15, -0.1) is 13.2 Å². The van der Waals surface area contributed by atoms with E-state index in [1.807, 2.05) is 29.3 Å². The lowest BCUT2D eigenvalue weighted by Crippen LogP contribution is -2.42. The Balaban J connectivity index is 1.51. The summed E-state index contributed by atoms with van der Waals surface area (Å²) in [6.07, 6.45) is 5.16. The quantitative estimate of drug-likeness (QED) is 0.490. The van der Waals surface area contributed by atoms with E-state index in [4.69, 9.17) is 0 Å². The fourth-order valence-electron chi connectivity index (χ4n) is 4.13. The number of hydrogen-bond donors (Lipinski definition) is 1. The van der Waals surface area contributed by atoms with Crippen LogP contribution in [0.4, 0.5) is 23.7 Å². The van der Waals surface area contributed by atoms with E-state index in [0.717, 1.165) is 49.6 Å². The molecule has 0 unspecified atom stereocenters. The van der Waals surface area contributed by atoms with Gasteiger partial charge in [-0.2, -0.15) is 5.10 Å². The van der Waals surface area contributed by atoms with Crippen LogP contribution < -0.4 is 10.1 Å². The van der Waals surface area contributed by atoms with Gasteiger partial charge in [0, 0.05) is 30.7 Å². The van der Waals surface area contributed by atoms with Crippen molar-refractivity contribution >= 4 is 17.2 Å². The van der Waals surface area contributed by atoms with Crippen LogP contribution in [-0.4, -0.2) is 32.9 Å². The molecule has 32 heavy (non-hydrogen) atoms. The number of carbonyl (C=O) groups is 1. The minimum absolute atomic E-state index is 0.103. The third kappa shape index (κ3) is 5.72. The number of aromatic nitrogens is 2. The molecule has 1 aromatic carbocycles. The monoisotopic (exact) mass is 446 g/mol. The number of nitrogens with zero attached hydrogens (tertiary/aromatic N) is 3.